The molecule has 31 heavy (non-hydrogen) atoms. The molecule has 0 amide bonds. The Morgan fingerprint density at radius 3 is 2.06 bits per heavy atom. The highest BCUT2D eigenvalue weighted by molar-refractivity contribution is 7.89. The van der Waals surface area contributed by atoms with Crippen LogP contribution in [0, 0.1) is 13.8 Å². The van der Waals surface area contributed by atoms with Crippen molar-refractivity contribution < 1.29 is 13.2 Å². The van der Waals surface area contributed by atoms with Crippen molar-refractivity contribution >= 4 is 21.5 Å². The fourth-order valence-electron chi connectivity index (χ4n) is 4.05. The third-order valence-electron chi connectivity index (χ3n) is 5.70. The van der Waals surface area contributed by atoms with Gasteiger partial charge in [-0.2, -0.15) is 9.40 Å². The topological polar surface area (TPSA) is 75.5 Å². The molecule has 0 atom stereocenters. The molecule has 0 saturated carbocycles. The predicted molar refractivity (Wildman–Crippen MR) is 120 cm³/mol. The molecule has 0 N–H and O–H groups in total. The summed E-state index contributed by atoms with van der Waals surface area (Å²) in [6.45, 7) is 7.05. The van der Waals surface area contributed by atoms with Gasteiger partial charge in [-0.15, -0.1) is 0 Å². The number of aryl methyl sites for hydroxylation is 1. The number of carbonyl (C=O) groups is 1. The Balaban J connectivity index is 1.53. The van der Waals surface area contributed by atoms with E-state index in [4.69, 9.17) is 0 Å². The summed E-state index contributed by atoms with van der Waals surface area (Å²) in [6, 6.07) is 17.0. The summed E-state index contributed by atoms with van der Waals surface area (Å²) in [7, 11) is -3.66. The van der Waals surface area contributed by atoms with E-state index in [9.17, 15) is 13.2 Å². The second kappa shape index (κ2) is 8.28. The highest BCUT2D eigenvalue weighted by Crippen LogP contribution is 2.27. The smallest absolute Gasteiger partial charge is 0.246 e. The first-order valence-corrected chi connectivity index (χ1v) is 11.7. The summed E-state index contributed by atoms with van der Waals surface area (Å²) in [5.74, 6) is 0.0317. The SMILES string of the molecule is CC(=O)c1ccc(N2CCN(S(=O)(=O)c3c(C)nn(-c4ccccc4)c3C)CC2)cc1. The van der Waals surface area contributed by atoms with E-state index in [0.29, 0.717) is 43.1 Å². The van der Waals surface area contributed by atoms with Crippen LogP contribution in [0.4, 0.5) is 5.69 Å². The molecule has 0 unspecified atom stereocenters. The lowest BCUT2D eigenvalue weighted by molar-refractivity contribution is 0.101. The van der Waals surface area contributed by atoms with E-state index in [1.54, 1.807) is 29.8 Å². The van der Waals surface area contributed by atoms with Gasteiger partial charge in [0.25, 0.3) is 0 Å². The van der Waals surface area contributed by atoms with Gasteiger partial charge in [0.1, 0.15) is 4.90 Å². The number of sulfonamides is 1. The summed E-state index contributed by atoms with van der Waals surface area (Å²) in [4.78, 5) is 13.9. The van der Waals surface area contributed by atoms with Crippen LogP contribution >= 0.6 is 0 Å². The van der Waals surface area contributed by atoms with Gasteiger partial charge in [0.05, 0.1) is 17.1 Å². The average molecular weight is 439 g/mol. The Labute approximate surface area is 183 Å². The second-order valence-electron chi connectivity index (χ2n) is 7.74. The minimum atomic E-state index is -3.66. The van der Waals surface area contributed by atoms with Gasteiger partial charge in [-0.3, -0.25) is 4.79 Å². The number of piperazine rings is 1. The van der Waals surface area contributed by atoms with Crippen LogP contribution in [0.1, 0.15) is 28.7 Å². The van der Waals surface area contributed by atoms with Crippen molar-refractivity contribution in [3.63, 3.8) is 0 Å². The lowest BCUT2D eigenvalue weighted by Crippen LogP contribution is -2.48. The molecular weight excluding hydrogens is 412 g/mol. The third-order valence-corrected chi connectivity index (χ3v) is 7.85. The number of anilines is 1. The lowest BCUT2D eigenvalue weighted by Gasteiger charge is -2.35. The quantitative estimate of drug-likeness (QED) is 0.572. The largest absolute Gasteiger partial charge is 0.369 e. The van der Waals surface area contributed by atoms with Crippen molar-refractivity contribution in [2.24, 2.45) is 0 Å². The van der Waals surface area contributed by atoms with Gasteiger partial charge in [-0.25, -0.2) is 13.1 Å². The average Bonchev–Trinajstić information content (AvgIpc) is 3.09. The van der Waals surface area contributed by atoms with Crippen LogP contribution in [0.3, 0.4) is 0 Å². The standard InChI is InChI=1S/C23H26N4O3S/c1-17-23(18(2)27(24-17)22-7-5-4-6-8-22)31(29,30)26-15-13-25(14-16-26)21-11-9-20(10-12-21)19(3)28/h4-12H,13-16H2,1-3H3. The first kappa shape index (κ1) is 21.3. The molecule has 1 aliphatic rings. The van der Waals surface area contributed by atoms with Crippen LogP contribution in [-0.4, -0.2) is 54.5 Å². The molecule has 0 radical (unpaired) electrons. The summed E-state index contributed by atoms with van der Waals surface area (Å²) < 4.78 is 30.1. The van der Waals surface area contributed by atoms with Crippen LogP contribution in [0.25, 0.3) is 5.69 Å². The van der Waals surface area contributed by atoms with Crippen molar-refractivity contribution in [1.82, 2.24) is 14.1 Å². The number of ketones is 1. The number of nitrogens with zero attached hydrogens (tertiary/aromatic N) is 4. The molecule has 7 nitrogen and oxygen atoms in total. The zero-order valence-electron chi connectivity index (χ0n) is 17.9. The lowest BCUT2D eigenvalue weighted by atomic mass is 10.1. The van der Waals surface area contributed by atoms with Crippen molar-refractivity contribution in [2.45, 2.75) is 25.7 Å². The van der Waals surface area contributed by atoms with Crippen LogP contribution in [0.2, 0.25) is 0 Å². The fraction of sp³-hybridized carbons (Fsp3) is 0.304. The first-order valence-electron chi connectivity index (χ1n) is 10.3. The number of benzene rings is 2. The van der Waals surface area contributed by atoms with Gasteiger partial charge < -0.3 is 4.90 Å². The molecular formula is C23H26N4O3S. The summed E-state index contributed by atoms with van der Waals surface area (Å²) in [6.07, 6.45) is 0. The molecule has 0 bridgehead atoms. The van der Waals surface area contributed by atoms with Crippen molar-refractivity contribution in [3.05, 3.63) is 71.5 Å². The molecule has 3 aromatic rings. The van der Waals surface area contributed by atoms with Crippen LogP contribution in [0.5, 0.6) is 0 Å². The molecule has 1 fully saturated rings. The van der Waals surface area contributed by atoms with Crippen molar-refractivity contribution in [1.29, 1.82) is 0 Å². The highest BCUT2D eigenvalue weighted by atomic mass is 32.2. The zero-order valence-corrected chi connectivity index (χ0v) is 18.8. The van der Waals surface area contributed by atoms with E-state index in [2.05, 4.69) is 10.00 Å². The Kier molecular flexibility index (Phi) is 5.68. The molecule has 4 rings (SSSR count). The molecule has 1 aromatic heterocycles. The van der Waals surface area contributed by atoms with E-state index in [1.807, 2.05) is 54.6 Å². The van der Waals surface area contributed by atoms with Crippen molar-refractivity contribution in [2.75, 3.05) is 31.1 Å². The van der Waals surface area contributed by atoms with Gasteiger partial charge in [0.15, 0.2) is 5.78 Å². The molecule has 162 valence electrons. The van der Waals surface area contributed by atoms with E-state index in [1.165, 1.54) is 0 Å². The molecule has 1 saturated heterocycles. The normalized spacial score (nSPS) is 15.3. The number of rotatable bonds is 5. The minimum Gasteiger partial charge on any atom is -0.369 e. The summed E-state index contributed by atoms with van der Waals surface area (Å²) >= 11 is 0. The van der Waals surface area contributed by atoms with Crippen molar-refractivity contribution in [3.8, 4) is 5.69 Å². The molecule has 0 aliphatic carbocycles. The van der Waals surface area contributed by atoms with Gasteiger partial charge in [0, 0.05) is 37.4 Å². The van der Waals surface area contributed by atoms with E-state index >= 15 is 0 Å². The maximum absolute atomic E-state index is 13.5. The number of para-hydroxylation sites is 1. The second-order valence-corrected chi connectivity index (χ2v) is 9.62. The Bertz CT molecular complexity index is 1190. The summed E-state index contributed by atoms with van der Waals surface area (Å²) in [5.41, 5.74) is 3.62. The number of aromatic nitrogens is 2. The minimum absolute atomic E-state index is 0.0317. The zero-order chi connectivity index (χ0) is 22.2. The molecule has 0 spiro atoms. The van der Waals surface area contributed by atoms with E-state index in [-0.39, 0.29) is 10.7 Å². The van der Waals surface area contributed by atoms with Crippen LogP contribution < -0.4 is 4.90 Å². The number of hydrogen-bond donors (Lipinski definition) is 0. The highest BCUT2D eigenvalue weighted by Gasteiger charge is 2.33. The Morgan fingerprint density at radius 1 is 0.871 bits per heavy atom. The van der Waals surface area contributed by atoms with E-state index in [0.717, 1.165) is 11.4 Å². The Morgan fingerprint density at radius 2 is 1.48 bits per heavy atom. The van der Waals surface area contributed by atoms with Gasteiger partial charge in [-0.1, -0.05) is 18.2 Å². The van der Waals surface area contributed by atoms with Gasteiger partial charge in [-0.05, 0) is 57.2 Å². The maximum atomic E-state index is 13.5. The fourth-order valence-corrected chi connectivity index (χ4v) is 5.82. The number of hydrogen-bond acceptors (Lipinski definition) is 5. The number of carbonyl (C=O) groups excluding carboxylic acids is 1. The molecule has 8 heteroatoms. The molecule has 2 heterocycles. The summed E-state index contributed by atoms with van der Waals surface area (Å²) in [5, 5.41) is 4.50. The first-order chi connectivity index (χ1) is 14.8. The third kappa shape index (κ3) is 4.00. The maximum Gasteiger partial charge on any atom is 0.246 e. The number of Topliss-reactive ketones (excluding diaryl/α,β-unsaturated/α-hetero) is 1. The predicted octanol–water partition coefficient (Wildman–Crippen LogP) is 3.20. The Hall–Kier alpha value is -2.97. The van der Waals surface area contributed by atoms with Crippen LogP contribution in [0.15, 0.2) is 59.5 Å². The molecule has 2 aromatic carbocycles. The van der Waals surface area contributed by atoms with E-state index < -0.39 is 10.0 Å². The van der Waals surface area contributed by atoms with Crippen LogP contribution in [-0.2, 0) is 10.0 Å². The van der Waals surface area contributed by atoms with Gasteiger partial charge in [0.2, 0.25) is 10.0 Å². The monoisotopic (exact) mass is 438 g/mol. The molecule has 1 aliphatic heterocycles. The van der Waals surface area contributed by atoms with Gasteiger partial charge >= 0.3 is 0 Å².